The summed E-state index contributed by atoms with van der Waals surface area (Å²) in [6.07, 6.45) is 0. The Balaban J connectivity index is 1.84. The molecule has 0 unspecified atom stereocenters. The van der Waals surface area contributed by atoms with E-state index in [2.05, 4.69) is 15.3 Å². The zero-order valence-electron chi connectivity index (χ0n) is 14.2. The highest BCUT2D eigenvalue weighted by Gasteiger charge is 2.19. The fourth-order valence-electron chi connectivity index (χ4n) is 2.58. The normalized spacial score (nSPS) is 10.8. The molecule has 25 heavy (non-hydrogen) atoms. The minimum Gasteiger partial charge on any atom is -0.315 e. The molecule has 2 N–H and O–H groups in total. The third-order valence-corrected chi connectivity index (χ3v) is 3.89. The zero-order valence-corrected chi connectivity index (χ0v) is 14.2. The van der Waals surface area contributed by atoms with Crippen LogP contribution in [0.5, 0.6) is 0 Å². The maximum Gasteiger partial charge on any atom is 0.322 e. The van der Waals surface area contributed by atoms with Gasteiger partial charge in [-0.15, -0.1) is 0 Å². The van der Waals surface area contributed by atoms with Gasteiger partial charge in [0, 0.05) is 11.7 Å². The van der Waals surface area contributed by atoms with Crippen molar-refractivity contribution >= 4 is 22.6 Å². The minimum atomic E-state index is -0.239. The molecule has 2 amide bonds. The summed E-state index contributed by atoms with van der Waals surface area (Å²) in [7, 11) is 0. The second-order valence-corrected chi connectivity index (χ2v) is 6.05. The Morgan fingerprint density at radius 2 is 1.80 bits per heavy atom. The summed E-state index contributed by atoms with van der Waals surface area (Å²) < 4.78 is 0. The molecule has 2 aromatic carbocycles. The minimum absolute atomic E-state index is 0.0551. The van der Waals surface area contributed by atoms with Gasteiger partial charge in [0.05, 0.1) is 17.4 Å². The first-order valence-corrected chi connectivity index (χ1v) is 8.15. The van der Waals surface area contributed by atoms with E-state index < -0.39 is 0 Å². The Kier molecular flexibility index (Phi) is 4.79. The van der Waals surface area contributed by atoms with E-state index in [-0.39, 0.29) is 24.2 Å². The Hall–Kier alpha value is -3.15. The molecule has 128 valence electrons. The van der Waals surface area contributed by atoms with Gasteiger partial charge in [0.25, 0.3) is 5.56 Å². The number of hydrogen-bond donors (Lipinski definition) is 2. The molecular weight excluding hydrogens is 316 g/mol. The van der Waals surface area contributed by atoms with Crippen LogP contribution in [0.2, 0.25) is 0 Å². The second-order valence-electron chi connectivity index (χ2n) is 6.05. The molecule has 0 aliphatic rings. The summed E-state index contributed by atoms with van der Waals surface area (Å²) in [6.45, 7) is 4.06. The molecule has 0 atom stereocenters. The standard InChI is InChI=1S/C19H20N4O2/c1-13(2)23(19(25)20-14-8-4-3-5-9-14)12-17-21-16-11-7-6-10-15(16)18(24)22-17/h3-11,13H,12H2,1-2H3,(H,20,25)(H,21,22,24). The van der Waals surface area contributed by atoms with Crippen LogP contribution in [0, 0.1) is 0 Å². The van der Waals surface area contributed by atoms with Crippen LogP contribution in [0.15, 0.2) is 59.4 Å². The van der Waals surface area contributed by atoms with E-state index in [0.29, 0.717) is 16.7 Å². The molecule has 0 fully saturated rings. The number of urea groups is 1. The molecule has 6 nitrogen and oxygen atoms in total. The van der Waals surface area contributed by atoms with E-state index in [0.717, 1.165) is 5.69 Å². The largest absolute Gasteiger partial charge is 0.322 e. The van der Waals surface area contributed by atoms with Crippen LogP contribution in [0.3, 0.4) is 0 Å². The van der Waals surface area contributed by atoms with Crippen LogP contribution < -0.4 is 10.9 Å². The summed E-state index contributed by atoms with van der Waals surface area (Å²) in [5, 5.41) is 3.40. The lowest BCUT2D eigenvalue weighted by molar-refractivity contribution is 0.192. The van der Waals surface area contributed by atoms with Crippen LogP contribution in [0.1, 0.15) is 19.7 Å². The number of aromatic amines is 1. The van der Waals surface area contributed by atoms with Crippen molar-refractivity contribution in [3.8, 4) is 0 Å². The number of anilines is 1. The van der Waals surface area contributed by atoms with Crippen molar-refractivity contribution in [2.45, 2.75) is 26.4 Å². The molecule has 1 heterocycles. The number of amides is 2. The first kappa shape index (κ1) is 16.7. The van der Waals surface area contributed by atoms with Gasteiger partial charge in [-0.2, -0.15) is 0 Å². The fraction of sp³-hybridized carbons (Fsp3) is 0.211. The highest BCUT2D eigenvalue weighted by Crippen LogP contribution is 2.12. The Morgan fingerprint density at radius 3 is 2.52 bits per heavy atom. The maximum absolute atomic E-state index is 12.6. The van der Waals surface area contributed by atoms with Crippen LogP contribution in [0.4, 0.5) is 10.5 Å². The Morgan fingerprint density at radius 1 is 1.12 bits per heavy atom. The SMILES string of the molecule is CC(C)N(Cc1nc2ccccc2c(=O)[nH]1)C(=O)Nc1ccccc1. The van der Waals surface area contributed by atoms with E-state index in [4.69, 9.17) is 0 Å². The zero-order chi connectivity index (χ0) is 17.8. The molecule has 6 heteroatoms. The summed E-state index contributed by atoms with van der Waals surface area (Å²) >= 11 is 0. The van der Waals surface area contributed by atoms with Crippen LogP contribution >= 0.6 is 0 Å². The highest BCUT2D eigenvalue weighted by molar-refractivity contribution is 5.89. The molecule has 0 aliphatic heterocycles. The van der Waals surface area contributed by atoms with Crippen LogP contribution in [0.25, 0.3) is 10.9 Å². The number of aromatic nitrogens is 2. The summed E-state index contributed by atoms with van der Waals surface area (Å²) in [5.41, 5.74) is 1.14. The van der Waals surface area contributed by atoms with Crippen molar-refractivity contribution in [1.29, 1.82) is 0 Å². The van der Waals surface area contributed by atoms with Crippen molar-refractivity contribution in [2.75, 3.05) is 5.32 Å². The maximum atomic E-state index is 12.6. The number of nitrogens with one attached hydrogen (secondary N) is 2. The molecule has 0 aliphatic carbocycles. The van der Waals surface area contributed by atoms with Crippen molar-refractivity contribution in [1.82, 2.24) is 14.9 Å². The van der Waals surface area contributed by atoms with Gasteiger partial charge in [-0.1, -0.05) is 30.3 Å². The number of para-hydroxylation sites is 2. The first-order chi connectivity index (χ1) is 12.0. The smallest absolute Gasteiger partial charge is 0.315 e. The van der Waals surface area contributed by atoms with E-state index >= 15 is 0 Å². The number of benzene rings is 2. The van der Waals surface area contributed by atoms with Crippen LogP contribution in [-0.2, 0) is 6.54 Å². The van der Waals surface area contributed by atoms with Crippen molar-refractivity contribution < 1.29 is 4.79 Å². The summed E-state index contributed by atoms with van der Waals surface area (Å²) in [5.74, 6) is 0.459. The van der Waals surface area contributed by atoms with Gasteiger partial charge in [-0.25, -0.2) is 9.78 Å². The molecule has 0 spiro atoms. The van der Waals surface area contributed by atoms with Crippen molar-refractivity contribution in [3.63, 3.8) is 0 Å². The van der Waals surface area contributed by atoms with Crippen molar-refractivity contribution in [3.05, 3.63) is 70.8 Å². The van der Waals surface area contributed by atoms with Gasteiger partial charge >= 0.3 is 6.03 Å². The number of carbonyl (C=O) groups is 1. The van der Waals surface area contributed by atoms with E-state index in [9.17, 15) is 9.59 Å². The molecular formula is C19H20N4O2. The molecule has 3 rings (SSSR count). The lowest BCUT2D eigenvalue weighted by atomic mass is 10.2. The third-order valence-electron chi connectivity index (χ3n) is 3.89. The van der Waals surface area contributed by atoms with Gasteiger partial charge in [0.15, 0.2) is 0 Å². The topological polar surface area (TPSA) is 78.1 Å². The molecule has 0 bridgehead atoms. The number of H-pyrrole nitrogens is 1. The predicted molar refractivity (Wildman–Crippen MR) is 98.5 cm³/mol. The average Bonchev–Trinajstić information content (AvgIpc) is 2.60. The highest BCUT2D eigenvalue weighted by atomic mass is 16.2. The Labute approximate surface area is 145 Å². The van der Waals surface area contributed by atoms with E-state index in [1.54, 1.807) is 23.1 Å². The second kappa shape index (κ2) is 7.17. The summed E-state index contributed by atoms with van der Waals surface area (Å²) in [4.78, 5) is 33.7. The summed E-state index contributed by atoms with van der Waals surface area (Å²) in [6, 6.07) is 16.1. The number of rotatable bonds is 4. The predicted octanol–water partition coefficient (Wildman–Crippen LogP) is 3.37. The van der Waals surface area contributed by atoms with Gasteiger partial charge in [-0.3, -0.25) is 4.79 Å². The molecule has 0 saturated carbocycles. The molecule has 1 aromatic heterocycles. The van der Waals surface area contributed by atoms with E-state index in [1.165, 1.54) is 0 Å². The van der Waals surface area contributed by atoms with Gasteiger partial charge < -0.3 is 15.2 Å². The van der Waals surface area contributed by atoms with E-state index in [1.807, 2.05) is 50.2 Å². The quantitative estimate of drug-likeness (QED) is 0.767. The monoisotopic (exact) mass is 336 g/mol. The van der Waals surface area contributed by atoms with Gasteiger partial charge in [0.2, 0.25) is 0 Å². The lowest BCUT2D eigenvalue weighted by Gasteiger charge is -2.26. The number of fused-ring (bicyclic) bond motifs is 1. The molecule has 0 radical (unpaired) electrons. The third kappa shape index (κ3) is 3.85. The Bertz CT molecular complexity index is 935. The lowest BCUT2D eigenvalue weighted by Crippen LogP contribution is -2.40. The average molecular weight is 336 g/mol. The number of nitrogens with zero attached hydrogens (tertiary/aromatic N) is 2. The van der Waals surface area contributed by atoms with Crippen molar-refractivity contribution in [2.24, 2.45) is 0 Å². The molecule has 0 saturated heterocycles. The van der Waals surface area contributed by atoms with Crippen LogP contribution in [-0.4, -0.2) is 26.9 Å². The molecule has 3 aromatic rings. The van der Waals surface area contributed by atoms with Gasteiger partial charge in [-0.05, 0) is 38.1 Å². The number of carbonyl (C=O) groups excluding carboxylic acids is 1. The number of hydrogen-bond acceptors (Lipinski definition) is 3. The fourth-order valence-corrected chi connectivity index (χ4v) is 2.58. The van der Waals surface area contributed by atoms with Gasteiger partial charge in [0.1, 0.15) is 5.82 Å². The first-order valence-electron chi connectivity index (χ1n) is 8.15.